The lowest BCUT2D eigenvalue weighted by Gasteiger charge is -2.33. The van der Waals surface area contributed by atoms with Gasteiger partial charge >= 0.3 is 5.97 Å². The average Bonchev–Trinajstić information content (AvgIpc) is 3.14. The Balaban J connectivity index is 3.04. The molecule has 4 nitrogen and oxygen atoms in total. The molecule has 0 spiro atoms. The predicted molar refractivity (Wildman–Crippen MR) is 72.2 cm³/mol. The van der Waals surface area contributed by atoms with E-state index < -0.39 is 17.0 Å². The van der Waals surface area contributed by atoms with Gasteiger partial charge in [-0.05, 0) is 30.8 Å². The van der Waals surface area contributed by atoms with Crippen LogP contribution >= 0.6 is 0 Å². The highest BCUT2D eigenvalue weighted by Gasteiger charge is 2.59. The number of carboxylic acids is 1. The van der Waals surface area contributed by atoms with E-state index in [2.05, 4.69) is 6.07 Å². The van der Waals surface area contributed by atoms with Crippen LogP contribution in [0.5, 0.6) is 0 Å². The van der Waals surface area contributed by atoms with Gasteiger partial charge in [0.15, 0.2) is 0 Å². The third-order valence-electron chi connectivity index (χ3n) is 3.88. The van der Waals surface area contributed by atoms with E-state index in [1.807, 2.05) is 20.8 Å². The molecule has 1 fully saturated rings. The highest BCUT2D eigenvalue weighted by atomic mass is 16.4. The fourth-order valence-electron chi connectivity index (χ4n) is 2.29. The van der Waals surface area contributed by atoms with Crippen molar-refractivity contribution in [3.63, 3.8) is 0 Å². The third-order valence-corrected chi connectivity index (χ3v) is 3.88. The maximum atomic E-state index is 10.8. The Morgan fingerprint density at radius 2 is 2.11 bits per heavy atom. The lowest BCUT2D eigenvalue weighted by Crippen LogP contribution is -2.42. The van der Waals surface area contributed by atoms with Gasteiger partial charge in [0.25, 0.3) is 0 Å². The van der Waals surface area contributed by atoms with Crippen molar-refractivity contribution in [2.45, 2.75) is 45.6 Å². The molecule has 104 valence electrons. The largest absolute Gasteiger partial charge is 0.478 e. The molecule has 0 radical (unpaired) electrons. The molecule has 0 bridgehead atoms. The molecule has 1 rings (SSSR count). The zero-order valence-electron chi connectivity index (χ0n) is 11.7. The van der Waals surface area contributed by atoms with Crippen molar-refractivity contribution >= 4 is 5.97 Å². The van der Waals surface area contributed by atoms with Crippen LogP contribution in [-0.2, 0) is 4.79 Å². The van der Waals surface area contributed by atoms with Crippen molar-refractivity contribution in [3.05, 3.63) is 23.8 Å². The highest BCUT2D eigenvalue weighted by molar-refractivity contribution is 5.81. The van der Waals surface area contributed by atoms with Gasteiger partial charge in [0.1, 0.15) is 5.60 Å². The summed E-state index contributed by atoms with van der Waals surface area (Å²) in [6.07, 6.45) is 6.30. The summed E-state index contributed by atoms with van der Waals surface area (Å²) in [4.78, 5) is 10.7. The molecule has 4 heteroatoms. The Labute approximate surface area is 114 Å². The molecule has 19 heavy (non-hydrogen) atoms. The van der Waals surface area contributed by atoms with Crippen LogP contribution in [0.3, 0.4) is 0 Å². The minimum absolute atomic E-state index is 0.103. The first-order chi connectivity index (χ1) is 8.81. The summed E-state index contributed by atoms with van der Waals surface area (Å²) in [5.74, 6) is -1.11. The number of nitriles is 1. The molecule has 2 N–H and O–H groups in total. The molecule has 1 aliphatic carbocycles. The fraction of sp³-hybridized carbons (Fsp3) is 0.600. The van der Waals surface area contributed by atoms with Crippen molar-refractivity contribution < 1.29 is 15.0 Å². The van der Waals surface area contributed by atoms with Crippen LogP contribution in [0.1, 0.15) is 40.0 Å². The molecule has 0 heterocycles. The molecule has 1 aliphatic rings. The van der Waals surface area contributed by atoms with Crippen LogP contribution in [0.2, 0.25) is 0 Å². The number of hydrogen-bond acceptors (Lipinski definition) is 3. The van der Waals surface area contributed by atoms with E-state index in [4.69, 9.17) is 5.11 Å². The van der Waals surface area contributed by atoms with E-state index in [-0.39, 0.29) is 5.92 Å². The number of nitrogens with zero attached hydrogens (tertiary/aromatic N) is 1. The lowest BCUT2D eigenvalue weighted by atomic mass is 9.76. The quantitative estimate of drug-likeness (QED) is 0.570. The van der Waals surface area contributed by atoms with E-state index in [1.165, 1.54) is 0 Å². The summed E-state index contributed by atoms with van der Waals surface area (Å²) in [6.45, 7) is 5.59. The first-order valence-corrected chi connectivity index (χ1v) is 6.57. The Hall–Kier alpha value is -1.60. The molecule has 0 saturated heterocycles. The Morgan fingerprint density at radius 3 is 2.42 bits per heavy atom. The highest BCUT2D eigenvalue weighted by Crippen LogP contribution is 2.56. The topological polar surface area (TPSA) is 81.3 Å². The third kappa shape index (κ3) is 3.05. The number of aliphatic hydroxyl groups is 1. The second kappa shape index (κ2) is 5.58. The SMILES string of the molecule is CCC(=C/C(=O)O)/C=C/C(O)(C(C)C)C1(C#N)CC1. The number of aliphatic carboxylic acids is 1. The molecule has 0 amide bonds. The summed E-state index contributed by atoms with van der Waals surface area (Å²) in [7, 11) is 0. The van der Waals surface area contributed by atoms with Gasteiger partial charge in [0.05, 0.1) is 11.5 Å². The second-order valence-corrected chi connectivity index (χ2v) is 5.42. The van der Waals surface area contributed by atoms with Gasteiger partial charge in [-0.3, -0.25) is 0 Å². The molecule has 1 unspecified atom stereocenters. The Kier molecular flexibility index (Phi) is 4.54. The normalized spacial score (nSPS) is 21.2. The maximum Gasteiger partial charge on any atom is 0.328 e. The van der Waals surface area contributed by atoms with Crippen molar-refractivity contribution in [3.8, 4) is 6.07 Å². The molecular weight excluding hydrogens is 242 g/mol. The molecule has 0 aromatic heterocycles. The molecule has 1 saturated carbocycles. The first kappa shape index (κ1) is 15.5. The molecular formula is C15H21NO3. The number of carboxylic acid groups (broad SMARTS) is 1. The van der Waals surface area contributed by atoms with Crippen LogP contribution in [-0.4, -0.2) is 21.8 Å². The maximum absolute atomic E-state index is 10.8. The van der Waals surface area contributed by atoms with Crippen LogP contribution in [0.4, 0.5) is 0 Å². The number of carbonyl (C=O) groups is 1. The second-order valence-electron chi connectivity index (χ2n) is 5.42. The predicted octanol–water partition coefficient (Wildman–Crippen LogP) is 2.65. The number of hydrogen-bond donors (Lipinski definition) is 2. The minimum atomic E-state index is -1.20. The van der Waals surface area contributed by atoms with Gasteiger partial charge in [0, 0.05) is 6.08 Å². The first-order valence-electron chi connectivity index (χ1n) is 6.57. The van der Waals surface area contributed by atoms with Crippen molar-refractivity contribution in [2.24, 2.45) is 11.3 Å². The summed E-state index contributed by atoms with van der Waals surface area (Å²) >= 11 is 0. The van der Waals surface area contributed by atoms with Gasteiger partial charge in [-0.25, -0.2) is 4.79 Å². The number of allylic oxidation sites excluding steroid dienone is 2. The molecule has 0 aliphatic heterocycles. The van der Waals surface area contributed by atoms with Gasteiger partial charge in [0.2, 0.25) is 0 Å². The van der Waals surface area contributed by atoms with Crippen LogP contribution < -0.4 is 0 Å². The van der Waals surface area contributed by atoms with Gasteiger partial charge in [-0.15, -0.1) is 0 Å². The summed E-state index contributed by atoms with van der Waals surface area (Å²) in [5, 5.41) is 28.8. The fourth-order valence-corrected chi connectivity index (χ4v) is 2.29. The van der Waals surface area contributed by atoms with Gasteiger partial charge in [-0.1, -0.05) is 32.9 Å². The number of rotatable bonds is 6. The summed E-state index contributed by atoms with van der Waals surface area (Å²) in [5.41, 5.74) is -1.28. The van der Waals surface area contributed by atoms with Gasteiger partial charge in [-0.2, -0.15) is 5.26 Å². The Bertz CT molecular complexity index is 453. The standard InChI is InChI=1S/C15H21NO3/c1-4-12(9-13(17)18)5-6-15(19,11(2)3)14(10-16)7-8-14/h5-6,9,11,19H,4,7-8H2,1-3H3,(H,17,18)/b6-5+,12-9-. The van der Waals surface area contributed by atoms with E-state index >= 15 is 0 Å². The monoisotopic (exact) mass is 263 g/mol. The van der Waals surface area contributed by atoms with Crippen LogP contribution in [0.25, 0.3) is 0 Å². The van der Waals surface area contributed by atoms with E-state index in [0.717, 1.165) is 6.08 Å². The zero-order chi connectivity index (χ0) is 14.7. The van der Waals surface area contributed by atoms with E-state index in [9.17, 15) is 15.2 Å². The van der Waals surface area contributed by atoms with Gasteiger partial charge < -0.3 is 10.2 Å². The Morgan fingerprint density at radius 1 is 1.53 bits per heavy atom. The lowest BCUT2D eigenvalue weighted by molar-refractivity contribution is -0.131. The van der Waals surface area contributed by atoms with Crippen molar-refractivity contribution in [1.29, 1.82) is 5.26 Å². The van der Waals surface area contributed by atoms with E-state index in [1.54, 1.807) is 12.2 Å². The molecule has 0 aromatic rings. The van der Waals surface area contributed by atoms with Crippen LogP contribution in [0, 0.1) is 22.7 Å². The van der Waals surface area contributed by atoms with Crippen molar-refractivity contribution in [1.82, 2.24) is 0 Å². The van der Waals surface area contributed by atoms with Crippen molar-refractivity contribution in [2.75, 3.05) is 0 Å². The van der Waals surface area contributed by atoms with Crippen LogP contribution in [0.15, 0.2) is 23.8 Å². The summed E-state index contributed by atoms with van der Waals surface area (Å²) < 4.78 is 0. The average molecular weight is 263 g/mol. The minimum Gasteiger partial charge on any atom is -0.478 e. The van der Waals surface area contributed by atoms with E-state index in [0.29, 0.717) is 24.8 Å². The smallest absolute Gasteiger partial charge is 0.328 e. The molecule has 1 atom stereocenters. The zero-order valence-corrected chi connectivity index (χ0v) is 11.7. The summed E-state index contributed by atoms with van der Waals surface area (Å²) in [6, 6.07) is 2.22. The molecule has 0 aromatic carbocycles.